The number of carboxylic acids is 1. The number of aromatic carboxylic acids is 1. The van der Waals surface area contributed by atoms with Crippen LogP contribution in [0.2, 0.25) is 0 Å². The Morgan fingerprint density at radius 2 is 2.29 bits per heavy atom. The topological polar surface area (TPSA) is 53.4 Å². The summed E-state index contributed by atoms with van der Waals surface area (Å²) in [6.45, 7) is 6.19. The molecule has 0 unspecified atom stereocenters. The van der Waals surface area contributed by atoms with E-state index in [0.29, 0.717) is 12.1 Å². The van der Waals surface area contributed by atoms with Gasteiger partial charge in [-0.25, -0.2) is 9.78 Å². The van der Waals surface area contributed by atoms with Gasteiger partial charge in [0.1, 0.15) is 0 Å². The number of aromatic nitrogens is 1. The van der Waals surface area contributed by atoms with Gasteiger partial charge in [-0.3, -0.25) is 0 Å². The molecule has 0 saturated carbocycles. The summed E-state index contributed by atoms with van der Waals surface area (Å²) >= 11 is 1.50. The number of rotatable bonds is 3. The summed E-state index contributed by atoms with van der Waals surface area (Å²) in [5.74, 6) is -0.926. The smallest absolute Gasteiger partial charge is 0.355 e. The Bertz CT molecular complexity index is 430. The van der Waals surface area contributed by atoms with Crippen LogP contribution >= 0.6 is 11.3 Å². The lowest BCUT2D eigenvalue weighted by atomic mass is 10.2. The van der Waals surface area contributed by atoms with E-state index in [-0.39, 0.29) is 5.69 Å². The summed E-state index contributed by atoms with van der Waals surface area (Å²) in [5.41, 5.74) is 0.207. The quantitative estimate of drug-likeness (QED) is 0.901. The van der Waals surface area contributed by atoms with Crippen molar-refractivity contribution in [2.45, 2.75) is 52.1 Å². The van der Waals surface area contributed by atoms with E-state index in [1.54, 1.807) is 0 Å². The average Bonchev–Trinajstić information content (AvgIpc) is 2.81. The normalized spacial score (nSPS) is 24.3. The van der Waals surface area contributed by atoms with Gasteiger partial charge in [-0.2, -0.15) is 0 Å². The summed E-state index contributed by atoms with van der Waals surface area (Å²) in [7, 11) is 0. The molecule has 0 amide bonds. The first-order valence-electron chi connectivity index (χ1n) is 6.03. The van der Waals surface area contributed by atoms with Crippen molar-refractivity contribution < 1.29 is 9.90 Å². The number of aryl methyl sites for hydroxylation is 1. The van der Waals surface area contributed by atoms with Crippen molar-refractivity contribution in [2.24, 2.45) is 0 Å². The molecule has 1 N–H and O–H groups in total. The van der Waals surface area contributed by atoms with Crippen LogP contribution in [-0.2, 0) is 0 Å². The van der Waals surface area contributed by atoms with Gasteiger partial charge >= 0.3 is 5.97 Å². The molecule has 2 atom stereocenters. The minimum atomic E-state index is -0.926. The third-order valence-electron chi connectivity index (χ3n) is 3.47. The molecule has 2 heterocycles. The molecule has 17 heavy (non-hydrogen) atoms. The highest BCUT2D eigenvalue weighted by Gasteiger charge is 2.32. The van der Waals surface area contributed by atoms with Crippen molar-refractivity contribution in [1.82, 2.24) is 4.98 Å². The second-order valence-electron chi connectivity index (χ2n) is 4.60. The second kappa shape index (κ2) is 4.64. The summed E-state index contributed by atoms with van der Waals surface area (Å²) < 4.78 is 0. The van der Waals surface area contributed by atoms with Crippen LogP contribution in [-0.4, -0.2) is 28.1 Å². The van der Waals surface area contributed by atoms with Gasteiger partial charge in [-0.15, -0.1) is 11.3 Å². The predicted molar refractivity (Wildman–Crippen MR) is 69.1 cm³/mol. The predicted octanol–water partition coefficient (Wildman–Crippen LogP) is 2.92. The molecule has 0 spiro atoms. The minimum Gasteiger partial charge on any atom is -0.476 e. The fourth-order valence-electron chi connectivity index (χ4n) is 2.51. The molecule has 2 rings (SSSR count). The molecule has 1 aromatic heterocycles. The lowest BCUT2D eigenvalue weighted by Gasteiger charge is -2.27. The number of hydrogen-bond donors (Lipinski definition) is 1. The fourth-order valence-corrected chi connectivity index (χ4v) is 3.58. The van der Waals surface area contributed by atoms with Crippen molar-refractivity contribution in [2.75, 3.05) is 4.90 Å². The Labute approximate surface area is 105 Å². The first-order chi connectivity index (χ1) is 8.04. The van der Waals surface area contributed by atoms with Crippen LogP contribution < -0.4 is 4.90 Å². The highest BCUT2D eigenvalue weighted by molar-refractivity contribution is 7.15. The van der Waals surface area contributed by atoms with E-state index < -0.39 is 5.97 Å². The van der Waals surface area contributed by atoms with Gasteiger partial charge in [0.2, 0.25) is 0 Å². The zero-order valence-electron chi connectivity index (χ0n) is 10.4. The van der Waals surface area contributed by atoms with Gasteiger partial charge in [0, 0.05) is 17.0 Å². The van der Waals surface area contributed by atoms with E-state index in [0.717, 1.165) is 16.4 Å². The Kier molecular flexibility index (Phi) is 3.38. The SMILES string of the molecule is CC[C@@H]1CC[C@H](C)N1c1nc(C(=O)O)c(C)s1. The molecule has 1 saturated heterocycles. The standard InChI is InChI=1S/C12H18N2O2S/c1-4-9-6-5-7(2)14(9)12-13-10(11(15)16)8(3)17-12/h7,9H,4-6H2,1-3H3,(H,15,16)/t7-,9+/m0/s1. The van der Waals surface area contributed by atoms with E-state index in [1.165, 1.54) is 24.2 Å². The number of hydrogen-bond acceptors (Lipinski definition) is 4. The van der Waals surface area contributed by atoms with E-state index in [4.69, 9.17) is 5.11 Å². The first kappa shape index (κ1) is 12.4. The number of carbonyl (C=O) groups is 1. The maximum Gasteiger partial charge on any atom is 0.355 e. The molecule has 0 bridgehead atoms. The number of thiazole rings is 1. The molecule has 4 nitrogen and oxygen atoms in total. The van der Waals surface area contributed by atoms with Gasteiger partial charge < -0.3 is 10.0 Å². The zero-order chi connectivity index (χ0) is 12.6. The molecule has 1 fully saturated rings. The monoisotopic (exact) mass is 254 g/mol. The van der Waals surface area contributed by atoms with Crippen LogP contribution in [0.4, 0.5) is 5.13 Å². The number of anilines is 1. The van der Waals surface area contributed by atoms with Gasteiger partial charge in [0.05, 0.1) is 0 Å². The molecule has 1 aromatic rings. The lowest BCUT2D eigenvalue weighted by molar-refractivity contribution is 0.0690. The molecule has 0 radical (unpaired) electrons. The fraction of sp³-hybridized carbons (Fsp3) is 0.667. The van der Waals surface area contributed by atoms with Crippen LogP contribution in [0.15, 0.2) is 0 Å². The van der Waals surface area contributed by atoms with Gasteiger partial charge in [0.25, 0.3) is 0 Å². The van der Waals surface area contributed by atoms with E-state index in [1.807, 2.05) is 6.92 Å². The third-order valence-corrected chi connectivity index (χ3v) is 4.45. The van der Waals surface area contributed by atoms with Gasteiger partial charge in [0.15, 0.2) is 10.8 Å². The van der Waals surface area contributed by atoms with Gasteiger partial charge in [-0.05, 0) is 33.1 Å². The Hall–Kier alpha value is -1.10. The Morgan fingerprint density at radius 1 is 1.59 bits per heavy atom. The largest absolute Gasteiger partial charge is 0.476 e. The van der Waals surface area contributed by atoms with Gasteiger partial charge in [-0.1, -0.05) is 6.92 Å². The third kappa shape index (κ3) is 2.16. The maximum absolute atomic E-state index is 11.0. The summed E-state index contributed by atoms with van der Waals surface area (Å²) in [6, 6.07) is 0.976. The summed E-state index contributed by atoms with van der Waals surface area (Å²) in [4.78, 5) is 18.4. The Morgan fingerprint density at radius 3 is 2.82 bits per heavy atom. The van der Waals surface area contributed by atoms with E-state index in [9.17, 15) is 4.79 Å². The van der Waals surface area contributed by atoms with E-state index >= 15 is 0 Å². The molecule has 0 aliphatic carbocycles. The van der Waals surface area contributed by atoms with Crippen LogP contribution in [0.25, 0.3) is 0 Å². The molecule has 5 heteroatoms. The average molecular weight is 254 g/mol. The molecular formula is C12H18N2O2S. The summed E-state index contributed by atoms with van der Waals surface area (Å²) in [6.07, 6.45) is 3.43. The molecule has 94 valence electrons. The lowest BCUT2D eigenvalue weighted by Crippen LogP contribution is -2.34. The highest BCUT2D eigenvalue weighted by Crippen LogP contribution is 2.35. The summed E-state index contributed by atoms with van der Waals surface area (Å²) in [5, 5.41) is 9.91. The second-order valence-corrected chi connectivity index (χ2v) is 5.78. The van der Waals surface area contributed by atoms with Crippen molar-refractivity contribution in [3.05, 3.63) is 10.6 Å². The van der Waals surface area contributed by atoms with Crippen molar-refractivity contribution in [3.8, 4) is 0 Å². The van der Waals surface area contributed by atoms with Crippen molar-refractivity contribution >= 4 is 22.4 Å². The van der Waals surface area contributed by atoms with E-state index in [2.05, 4.69) is 23.7 Å². The molecule has 0 aromatic carbocycles. The van der Waals surface area contributed by atoms with Crippen LogP contribution in [0, 0.1) is 6.92 Å². The van der Waals surface area contributed by atoms with Crippen molar-refractivity contribution in [1.29, 1.82) is 0 Å². The molecule has 1 aliphatic heterocycles. The van der Waals surface area contributed by atoms with Crippen molar-refractivity contribution in [3.63, 3.8) is 0 Å². The Balaban J connectivity index is 2.33. The highest BCUT2D eigenvalue weighted by atomic mass is 32.1. The maximum atomic E-state index is 11.0. The molecule has 1 aliphatic rings. The number of nitrogens with zero attached hydrogens (tertiary/aromatic N) is 2. The molecular weight excluding hydrogens is 236 g/mol. The zero-order valence-corrected chi connectivity index (χ0v) is 11.3. The van der Waals surface area contributed by atoms with Crippen LogP contribution in [0.3, 0.4) is 0 Å². The minimum absolute atomic E-state index is 0.207. The first-order valence-corrected chi connectivity index (χ1v) is 6.85. The van der Waals surface area contributed by atoms with Crippen LogP contribution in [0.1, 0.15) is 48.5 Å². The number of carboxylic acid groups (broad SMARTS) is 1. The van der Waals surface area contributed by atoms with Crippen LogP contribution in [0.5, 0.6) is 0 Å².